The molecule has 0 amide bonds. The minimum Gasteiger partial charge on any atom is -0.481 e. The van der Waals surface area contributed by atoms with Crippen molar-refractivity contribution >= 4 is 17.6 Å². The zero-order chi connectivity index (χ0) is 20.5. The van der Waals surface area contributed by atoms with Crippen molar-refractivity contribution in [2.24, 2.45) is 11.3 Å². The van der Waals surface area contributed by atoms with Crippen LogP contribution >= 0.6 is 11.6 Å². The number of hydrogen-bond donors (Lipinski definition) is 1. The van der Waals surface area contributed by atoms with Crippen molar-refractivity contribution < 1.29 is 9.90 Å². The molecule has 5 nitrogen and oxygen atoms in total. The predicted molar refractivity (Wildman–Crippen MR) is 110 cm³/mol. The van der Waals surface area contributed by atoms with E-state index in [2.05, 4.69) is 5.10 Å². The normalized spacial score (nSPS) is 17.4. The molecule has 1 aromatic heterocycles. The molecule has 1 aliphatic carbocycles. The fraction of sp³-hybridized carbons (Fsp3) is 0.500. The monoisotopic (exact) mass is 402 g/mol. The van der Waals surface area contributed by atoms with Crippen molar-refractivity contribution in [3.05, 3.63) is 63.0 Å². The summed E-state index contributed by atoms with van der Waals surface area (Å²) in [5.41, 5.74) is 0.109. The van der Waals surface area contributed by atoms with Crippen LogP contribution < -0.4 is 5.56 Å². The van der Waals surface area contributed by atoms with E-state index in [4.69, 9.17) is 11.6 Å². The van der Waals surface area contributed by atoms with Crippen molar-refractivity contribution in [2.75, 3.05) is 0 Å². The maximum absolute atomic E-state index is 12.6. The lowest BCUT2D eigenvalue weighted by Gasteiger charge is -2.46. The lowest BCUT2D eigenvalue weighted by Crippen LogP contribution is -2.52. The summed E-state index contributed by atoms with van der Waals surface area (Å²) in [7, 11) is 0. The molecule has 2 aromatic rings. The number of aliphatic carboxylic acids is 1. The quantitative estimate of drug-likeness (QED) is 0.798. The molecule has 1 aliphatic rings. The average Bonchev–Trinajstić information content (AvgIpc) is 3.13. The Balaban J connectivity index is 2.00. The molecule has 0 aliphatic heterocycles. The number of benzene rings is 1. The summed E-state index contributed by atoms with van der Waals surface area (Å²) >= 11 is 5.89. The van der Waals surface area contributed by atoms with Crippen molar-refractivity contribution in [2.45, 2.75) is 58.4 Å². The van der Waals surface area contributed by atoms with Gasteiger partial charge in [0, 0.05) is 6.07 Å². The Morgan fingerprint density at radius 3 is 2.29 bits per heavy atom. The van der Waals surface area contributed by atoms with E-state index < -0.39 is 16.8 Å². The number of halogens is 1. The number of carbonyl (C=O) groups is 1. The minimum atomic E-state index is -0.937. The highest BCUT2D eigenvalue weighted by molar-refractivity contribution is 6.29. The summed E-state index contributed by atoms with van der Waals surface area (Å²) in [6, 6.07) is 10.4. The molecule has 3 rings (SSSR count). The number of carboxylic acid groups (broad SMARTS) is 1. The van der Waals surface area contributed by atoms with Gasteiger partial charge in [-0.05, 0) is 41.4 Å². The molecule has 0 spiro atoms. The molecule has 1 atom stereocenters. The summed E-state index contributed by atoms with van der Waals surface area (Å²) in [6.07, 6.45) is 4.04. The van der Waals surface area contributed by atoms with E-state index in [1.165, 1.54) is 16.8 Å². The number of carboxylic acids is 1. The van der Waals surface area contributed by atoms with E-state index in [0.717, 1.165) is 36.8 Å². The standard InChI is InChI=1S/C22H27ClN2O3/c1-21(2,3)22(20(27)28,16-6-4-5-7-16)17-10-8-15(9-11-17)14-25-19(26)13-12-18(23)24-25/h8-13,16H,4-7,14H2,1-3H3,(H,27,28). The second kappa shape index (κ2) is 7.70. The smallest absolute Gasteiger partial charge is 0.314 e. The van der Waals surface area contributed by atoms with Gasteiger partial charge in [0.15, 0.2) is 0 Å². The van der Waals surface area contributed by atoms with Crippen LogP contribution in [0.2, 0.25) is 5.15 Å². The first-order valence-electron chi connectivity index (χ1n) is 9.73. The van der Waals surface area contributed by atoms with E-state index in [-0.39, 0.29) is 16.6 Å². The van der Waals surface area contributed by atoms with Crippen LogP contribution in [-0.2, 0) is 16.8 Å². The first kappa shape index (κ1) is 20.6. The number of rotatable bonds is 5. The van der Waals surface area contributed by atoms with E-state index in [0.29, 0.717) is 6.54 Å². The molecule has 1 fully saturated rings. The molecule has 6 heteroatoms. The van der Waals surface area contributed by atoms with Crippen LogP contribution in [0.3, 0.4) is 0 Å². The van der Waals surface area contributed by atoms with Gasteiger partial charge >= 0.3 is 5.97 Å². The second-order valence-corrected chi connectivity index (χ2v) is 9.08. The Bertz CT molecular complexity index is 909. The molecular weight excluding hydrogens is 376 g/mol. The van der Waals surface area contributed by atoms with Gasteiger partial charge in [0.05, 0.1) is 6.54 Å². The molecule has 1 saturated carbocycles. The molecule has 0 saturated heterocycles. The van der Waals surface area contributed by atoms with Gasteiger partial charge in [-0.3, -0.25) is 9.59 Å². The first-order valence-corrected chi connectivity index (χ1v) is 10.1. The van der Waals surface area contributed by atoms with Crippen LogP contribution in [-0.4, -0.2) is 20.9 Å². The number of hydrogen-bond acceptors (Lipinski definition) is 3. The third kappa shape index (κ3) is 3.60. The van der Waals surface area contributed by atoms with Gasteiger partial charge < -0.3 is 5.11 Å². The zero-order valence-electron chi connectivity index (χ0n) is 16.6. The van der Waals surface area contributed by atoms with Crippen LogP contribution in [0, 0.1) is 11.3 Å². The number of aromatic nitrogens is 2. The molecule has 1 heterocycles. The van der Waals surface area contributed by atoms with Crippen LogP contribution in [0.4, 0.5) is 0 Å². The van der Waals surface area contributed by atoms with Crippen molar-refractivity contribution in [1.29, 1.82) is 0 Å². The summed E-state index contributed by atoms with van der Waals surface area (Å²) in [4.78, 5) is 24.6. The van der Waals surface area contributed by atoms with Gasteiger partial charge in [-0.1, -0.05) is 69.5 Å². The Hall–Kier alpha value is -2.14. The first-order chi connectivity index (χ1) is 13.2. The van der Waals surface area contributed by atoms with Gasteiger partial charge in [-0.25, -0.2) is 4.68 Å². The third-order valence-corrected chi connectivity index (χ3v) is 6.27. The fourth-order valence-corrected chi connectivity index (χ4v) is 5.00. The van der Waals surface area contributed by atoms with Crippen LogP contribution in [0.15, 0.2) is 41.2 Å². The van der Waals surface area contributed by atoms with Crippen LogP contribution in [0.5, 0.6) is 0 Å². The Morgan fingerprint density at radius 2 is 1.75 bits per heavy atom. The fourth-order valence-electron chi connectivity index (χ4n) is 4.84. The summed E-state index contributed by atoms with van der Waals surface area (Å²) < 4.78 is 1.31. The highest BCUT2D eigenvalue weighted by atomic mass is 35.5. The van der Waals surface area contributed by atoms with Crippen LogP contribution in [0.25, 0.3) is 0 Å². The molecule has 28 heavy (non-hydrogen) atoms. The highest BCUT2D eigenvalue weighted by Gasteiger charge is 2.55. The van der Waals surface area contributed by atoms with Crippen molar-refractivity contribution in [1.82, 2.24) is 9.78 Å². The molecular formula is C22H27ClN2O3. The van der Waals surface area contributed by atoms with E-state index in [1.54, 1.807) is 0 Å². The molecule has 1 aromatic carbocycles. The van der Waals surface area contributed by atoms with Gasteiger partial charge in [-0.2, -0.15) is 5.10 Å². The van der Waals surface area contributed by atoms with Crippen molar-refractivity contribution in [3.63, 3.8) is 0 Å². The maximum Gasteiger partial charge on any atom is 0.314 e. The van der Waals surface area contributed by atoms with E-state index in [1.807, 2.05) is 45.0 Å². The molecule has 0 radical (unpaired) electrons. The van der Waals surface area contributed by atoms with Gasteiger partial charge in [0.1, 0.15) is 10.6 Å². The SMILES string of the molecule is CC(C)(C)C(C(=O)O)(c1ccc(Cn2nc(Cl)ccc2=O)cc1)C1CCCC1. The Labute approximate surface area is 170 Å². The Kier molecular flexibility index (Phi) is 5.67. The summed E-state index contributed by atoms with van der Waals surface area (Å²) in [5, 5.41) is 14.7. The average molecular weight is 403 g/mol. The molecule has 0 bridgehead atoms. The molecule has 150 valence electrons. The predicted octanol–water partition coefficient (Wildman–Crippen LogP) is 4.50. The van der Waals surface area contributed by atoms with E-state index in [9.17, 15) is 14.7 Å². The molecule has 1 unspecified atom stereocenters. The zero-order valence-corrected chi connectivity index (χ0v) is 17.4. The largest absolute Gasteiger partial charge is 0.481 e. The second-order valence-electron chi connectivity index (χ2n) is 8.69. The minimum absolute atomic E-state index is 0.119. The maximum atomic E-state index is 12.6. The van der Waals surface area contributed by atoms with Crippen LogP contribution in [0.1, 0.15) is 57.6 Å². The molecule has 1 N–H and O–H groups in total. The van der Waals surface area contributed by atoms with Gasteiger partial charge in [-0.15, -0.1) is 0 Å². The summed E-state index contributed by atoms with van der Waals surface area (Å²) in [6.45, 7) is 6.34. The summed E-state index contributed by atoms with van der Waals surface area (Å²) in [5.74, 6) is -0.638. The Morgan fingerprint density at radius 1 is 1.14 bits per heavy atom. The lowest BCUT2D eigenvalue weighted by molar-refractivity contribution is -0.152. The van der Waals surface area contributed by atoms with E-state index >= 15 is 0 Å². The van der Waals surface area contributed by atoms with Gasteiger partial charge in [0.25, 0.3) is 5.56 Å². The van der Waals surface area contributed by atoms with Gasteiger partial charge in [0.2, 0.25) is 0 Å². The number of nitrogens with zero attached hydrogens (tertiary/aromatic N) is 2. The van der Waals surface area contributed by atoms with Crippen molar-refractivity contribution in [3.8, 4) is 0 Å². The lowest BCUT2D eigenvalue weighted by atomic mass is 9.55. The topological polar surface area (TPSA) is 72.2 Å². The third-order valence-electron chi connectivity index (χ3n) is 6.06. The highest BCUT2D eigenvalue weighted by Crippen LogP contribution is 2.52.